The van der Waals surface area contributed by atoms with Crippen molar-refractivity contribution in [1.29, 1.82) is 0 Å². The average molecular weight is 585 g/mol. The predicted octanol–water partition coefficient (Wildman–Crippen LogP) is 10.4. The lowest BCUT2D eigenvalue weighted by Crippen LogP contribution is -2.39. The SMILES string of the molecule is CCCCCCCCC1(COCC2(CCCCCCCC)CC=CO2)CC=CO1.c1coc(COCc2ccco2)c1. The van der Waals surface area contributed by atoms with Gasteiger partial charge < -0.3 is 27.8 Å². The fourth-order valence-corrected chi connectivity index (χ4v) is 5.58. The summed E-state index contributed by atoms with van der Waals surface area (Å²) in [4.78, 5) is 0. The second-order valence-electron chi connectivity index (χ2n) is 11.9. The van der Waals surface area contributed by atoms with Crippen LogP contribution in [-0.4, -0.2) is 24.4 Å². The zero-order chi connectivity index (χ0) is 29.6. The fraction of sp³-hybridized carbons (Fsp3) is 0.667. The normalized spacial score (nSPS) is 20.8. The molecule has 0 saturated heterocycles. The molecule has 0 fully saturated rings. The van der Waals surface area contributed by atoms with Crippen LogP contribution in [0.1, 0.15) is 128 Å². The summed E-state index contributed by atoms with van der Waals surface area (Å²) in [6.45, 7) is 6.86. The summed E-state index contributed by atoms with van der Waals surface area (Å²) in [5.41, 5.74) is -0.281. The summed E-state index contributed by atoms with van der Waals surface area (Å²) < 4.78 is 33.9. The third-order valence-electron chi connectivity index (χ3n) is 8.16. The maximum absolute atomic E-state index is 6.27. The lowest BCUT2D eigenvalue weighted by molar-refractivity contribution is -0.0967. The lowest BCUT2D eigenvalue weighted by Gasteiger charge is -2.33. The molecule has 4 heterocycles. The van der Waals surface area contributed by atoms with Gasteiger partial charge in [0.05, 0.1) is 38.3 Å². The number of ether oxygens (including phenoxy) is 4. The molecule has 0 aromatic carbocycles. The van der Waals surface area contributed by atoms with Crippen molar-refractivity contribution < 1.29 is 27.8 Å². The zero-order valence-electron chi connectivity index (χ0n) is 26.4. The van der Waals surface area contributed by atoms with Crippen LogP contribution in [0.2, 0.25) is 0 Å². The molecule has 0 aliphatic carbocycles. The van der Waals surface area contributed by atoms with Crippen molar-refractivity contribution in [3.05, 3.63) is 73.0 Å². The van der Waals surface area contributed by atoms with Crippen molar-refractivity contribution in [3.63, 3.8) is 0 Å². The summed E-state index contributed by atoms with van der Waals surface area (Å²) in [7, 11) is 0. The van der Waals surface area contributed by atoms with Crippen LogP contribution >= 0.6 is 0 Å². The molecule has 2 unspecified atom stereocenters. The molecule has 6 nitrogen and oxygen atoms in total. The molecular formula is C36H56O6. The van der Waals surface area contributed by atoms with E-state index in [1.165, 1.54) is 77.0 Å². The van der Waals surface area contributed by atoms with Crippen LogP contribution < -0.4 is 0 Å². The van der Waals surface area contributed by atoms with Crippen molar-refractivity contribution in [2.45, 2.75) is 141 Å². The smallest absolute Gasteiger partial charge is 0.135 e. The van der Waals surface area contributed by atoms with E-state index in [9.17, 15) is 0 Å². The van der Waals surface area contributed by atoms with Crippen molar-refractivity contribution in [2.75, 3.05) is 13.2 Å². The Morgan fingerprint density at radius 1 is 0.595 bits per heavy atom. The average Bonchev–Trinajstić information content (AvgIpc) is 3.83. The van der Waals surface area contributed by atoms with E-state index in [4.69, 9.17) is 27.8 Å². The largest absolute Gasteiger partial charge is 0.492 e. The predicted molar refractivity (Wildman–Crippen MR) is 168 cm³/mol. The van der Waals surface area contributed by atoms with Gasteiger partial charge in [0.15, 0.2) is 0 Å². The first-order valence-electron chi connectivity index (χ1n) is 16.6. The van der Waals surface area contributed by atoms with Gasteiger partial charge in [-0.15, -0.1) is 0 Å². The Morgan fingerprint density at radius 3 is 1.43 bits per heavy atom. The molecule has 0 radical (unpaired) electrons. The number of hydrogen-bond acceptors (Lipinski definition) is 6. The molecule has 2 aliphatic rings. The minimum Gasteiger partial charge on any atom is -0.492 e. The van der Waals surface area contributed by atoms with E-state index >= 15 is 0 Å². The first-order chi connectivity index (χ1) is 20.7. The first-order valence-corrected chi connectivity index (χ1v) is 16.6. The Kier molecular flexibility index (Phi) is 16.6. The van der Waals surface area contributed by atoms with E-state index in [1.54, 1.807) is 12.5 Å². The standard InChI is InChI=1S/C26H46O3.C10H10O3/c1-3-5-7-9-11-13-17-25(19-15-21-28-25)23-27-24-26(20-16-22-29-26)18-14-12-10-8-6-4-2;1-3-9(12-5-1)7-11-8-10-4-2-6-13-10/h15-16,21-22H,3-14,17-20,23-24H2,1-2H3;1-6H,7-8H2. The van der Waals surface area contributed by atoms with Gasteiger partial charge >= 0.3 is 0 Å². The Balaban J connectivity index is 0.000000307. The van der Waals surface area contributed by atoms with Crippen LogP contribution in [0.25, 0.3) is 0 Å². The Labute approximate surface area is 254 Å². The van der Waals surface area contributed by atoms with E-state index < -0.39 is 0 Å². The second-order valence-corrected chi connectivity index (χ2v) is 11.9. The molecule has 2 aromatic rings. The van der Waals surface area contributed by atoms with Crippen molar-refractivity contribution in [3.8, 4) is 0 Å². The molecule has 2 aliphatic heterocycles. The molecule has 2 aromatic heterocycles. The molecule has 0 amide bonds. The van der Waals surface area contributed by atoms with E-state index in [2.05, 4.69) is 26.0 Å². The molecule has 0 saturated carbocycles. The summed E-state index contributed by atoms with van der Waals surface area (Å²) in [5, 5.41) is 0. The number of rotatable bonds is 22. The van der Waals surface area contributed by atoms with Crippen molar-refractivity contribution in [1.82, 2.24) is 0 Å². The van der Waals surface area contributed by atoms with E-state index in [0.29, 0.717) is 26.4 Å². The second kappa shape index (κ2) is 20.5. The summed E-state index contributed by atoms with van der Waals surface area (Å²) in [6.07, 6.45) is 31.3. The Morgan fingerprint density at radius 2 is 1.05 bits per heavy atom. The van der Waals surface area contributed by atoms with Crippen LogP contribution in [0, 0.1) is 0 Å². The summed E-state index contributed by atoms with van der Waals surface area (Å²) in [6, 6.07) is 7.43. The van der Waals surface area contributed by atoms with Gasteiger partial charge in [0.1, 0.15) is 35.9 Å². The van der Waals surface area contributed by atoms with Gasteiger partial charge in [0.2, 0.25) is 0 Å². The van der Waals surface area contributed by atoms with E-state index in [1.807, 2.05) is 36.8 Å². The minimum atomic E-state index is -0.141. The summed E-state index contributed by atoms with van der Waals surface area (Å²) >= 11 is 0. The lowest BCUT2D eigenvalue weighted by atomic mass is 9.92. The van der Waals surface area contributed by atoms with E-state index in [-0.39, 0.29) is 11.2 Å². The van der Waals surface area contributed by atoms with Crippen LogP contribution in [0.4, 0.5) is 0 Å². The Hall–Kier alpha value is -2.44. The van der Waals surface area contributed by atoms with Crippen LogP contribution in [0.5, 0.6) is 0 Å². The molecule has 0 spiro atoms. The van der Waals surface area contributed by atoms with Crippen LogP contribution in [0.15, 0.2) is 70.3 Å². The third-order valence-corrected chi connectivity index (χ3v) is 8.16. The highest BCUT2D eigenvalue weighted by Gasteiger charge is 2.37. The van der Waals surface area contributed by atoms with Crippen molar-refractivity contribution in [2.24, 2.45) is 0 Å². The first kappa shape index (κ1) is 34.1. The van der Waals surface area contributed by atoms with Crippen LogP contribution in [-0.2, 0) is 32.2 Å². The molecule has 4 rings (SSSR count). The number of furan rings is 2. The maximum Gasteiger partial charge on any atom is 0.135 e. The highest BCUT2D eigenvalue weighted by atomic mass is 16.6. The van der Waals surface area contributed by atoms with Crippen LogP contribution in [0.3, 0.4) is 0 Å². The maximum atomic E-state index is 6.27. The number of hydrogen-bond donors (Lipinski definition) is 0. The minimum absolute atomic E-state index is 0.141. The molecule has 236 valence electrons. The Bertz CT molecular complexity index is 853. The van der Waals surface area contributed by atoms with Gasteiger partial charge in [-0.1, -0.05) is 78.1 Å². The quantitative estimate of drug-likeness (QED) is 0.128. The van der Waals surface area contributed by atoms with Gasteiger partial charge in [0, 0.05) is 12.8 Å². The monoisotopic (exact) mass is 584 g/mol. The highest BCUT2D eigenvalue weighted by molar-refractivity contribution is 5.01. The molecule has 6 heteroatoms. The molecule has 42 heavy (non-hydrogen) atoms. The van der Waals surface area contributed by atoms with Gasteiger partial charge in [-0.05, 0) is 62.1 Å². The van der Waals surface area contributed by atoms with Gasteiger partial charge in [-0.25, -0.2) is 0 Å². The highest BCUT2D eigenvalue weighted by Crippen LogP contribution is 2.33. The molecule has 0 N–H and O–H groups in total. The zero-order valence-corrected chi connectivity index (χ0v) is 26.4. The topological polar surface area (TPSA) is 63.2 Å². The molecular weight excluding hydrogens is 528 g/mol. The number of unbranched alkanes of at least 4 members (excludes halogenated alkanes) is 10. The van der Waals surface area contributed by atoms with Crippen molar-refractivity contribution >= 4 is 0 Å². The van der Waals surface area contributed by atoms with Gasteiger partial charge in [-0.3, -0.25) is 0 Å². The fourth-order valence-electron chi connectivity index (χ4n) is 5.58. The molecule has 2 atom stereocenters. The van der Waals surface area contributed by atoms with Gasteiger partial charge in [0.25, 0.3) is 0 Å². The summed E-state index contributed by atoms with van der Waals surface area (Å²) in [5.74, 6) is 1.65. The van der Waals surface area contributed by atoms with Gasteiger partial charge in [-0.2, -0.15) is 0 Å². The molecule has 0 bridgehead atoms. The third kappa shape index (κ3) is 13.2. The van der Waals surface area contributed by atoms with E-state index in [0.717, 1.165) is 37.2 Å².